The van der Waals surface area contributed by atoms with Crippen molar-refractivity contribution in [1.82, 2.24) is 14.7 Å². The lowest BCUT2D eigenvalue weighted by Gasteiger charge is -2.06. The van der Waals surface area contributed by atoms with Gasteiger partial charge in [-0.1, -0.05) is 5.16 Å². The first-order valence-corrected chi connectivity index (χ1v) is 7.84. The number of carboxylic acid groups (broad SMARTS) is 2. The van der Waals surface area contributed by atoms with E-state index in [2.05, 4.69) is 10.1 Å². The van der Waals surface area contributed by atoms with Gasteiger partial charge in [0.1, 0.15) is 17.1 Å². The summed E-state index contributed by atoms with van der Waals surface area (Å²) in [5, 5.41) is 23.1. The summed E-state index contributed by atoms with van der Waals surface area (Å²) in [6, 6.07) is 3.13. The van der Waals surface area contributed by atoms with Gasteiger partial charge in [0.15, 0.2) is 0 Å². The van der Waals surface area contributed by atoms with Crippen LogP contribution in [0.4, 0.5) is 4.79 Å². The third-order valence-electron chi connectivity index (χ3n) is 4.47. The summed E-state index contributed by atoms with van der Waals surface area (Å²) in [5.41, 5.74) is 2.24. The van der Waals surface area contributed by atoms with E-state index in [1.54, 1.807) is 19.9 Å². The Morgan fingerprint density at radius 3 is 2.48 bits per heavy atom. The van der Waals surface area contributed by atoms with Gasteiger partial charge in [-0.05, 0) is 44.4 Å². The van der Waals surface area contributed by atoms with Gasteiger partial charge < -0.3 is 14.7 Å². The van der Waals surface area contributed by atoms with E-state index < -0.39 is 12.1 Å². The Morgan fingerprint density at radius 2 is 1.96 bits per heavy atom. The van der Waals surface area contributed by atoms with Gasteiger partial charge in [0, 0.05) is 11.5 Å². The van der Waals surface area contributed by atoms with E-state index in [0.29, 0.717) is 28.4 Å². The second-order valence-electron chi connectivity index (χ2n) is 6.26. The van der Waals surface area contributed by atoms with Crippen LogP contribution in [0, 0.1) is 13.8 Å². The first-order chi connectivity index (χ1) is 11.9. The Morgan fingerprint density at radius 1 is 1.24 bits per heavy atom. The topological polar surface area (TPSA) is 118 Å². The molecule has 2 heterocycles. The maximum absolute atomic E-state index is 11.8. The molecule has 0 aliphatic heterocycles. The van der Waals surface area contributed by atoms with Crippen LogP contribution < -0.4 is 0 Å². The van der Waals surface area contributed by atoms with Gasteiger partial charge in [-0.15, -0.1) is 0 Å². The van der Waals surface area contributed by atoms with Crippen molar-refractivity contribution in [3.8, 4) is 11.1 Å². The predicted molar refractivity (Wildman–Crippen MR) is 87.1 cm³/mol. The zero-order valence-electron chi connectivity index (χ0n) is 13.6. The van der Waals surface area contributed by atoms with E-state index >= 15 is 0 Å². The van der Waals surface area contributed by atoms with E-state index in [1.165, 1.54) is 6.07 Å². The Bertz CT molecular complexity index is 1020. The fourth-order valence-corrected chi connectivity index (χ4v) is 3.21. The SMILES string of the molecule is Cc1noc(C)c1-c1cc(C(=O)O)c2nc(C3CC3)n(C(=O)O)c2c1. The highest BCUT2D eigenvalue weighted by Crippen LogP contribution is 2.42. The average molecular weight is 341 g/mol. The molecule has 3 aromatic rings. The molecule has 8 nitrogen and oxygen atoms in total. The molecule has 0 unspecified atom stereocenters. The molecule has 25 heavy (non-hydrogen) atoms. The molecule has 1 aliphatic carbocycles. The third kappa shape index (κ3) is 2.29. The van der Waals surface area contributed by atoms with Gasteiger partial charge in [0.25, 0.3) is 0 Å². The van der Waals surface area contributed by atoms with Crippen LogP contribution in [0.15, 0.2) is 16.7 Å². The van der Waals surface area contributed by atoms with Crippen LogP contribution in [0.25, 0.3) is 22.2 Å². The zero-order valence-corrected chi connectivity index (χ0v) is 13.6. The molecule has 4 rings (SSSR count). The molecular weight excluding hydrogens is 326 g/mol. The largest absolute Gasteiger partial charge is 0.478 e. The molecule has 128 valence electrons. The van der Waals surface area contributed by atoms with Gasteiger partial charge in [0.05, 0.1) is 16.8 Å². The number of hydrogen-bond donors (Lipinski definition) is 2. The monoisotopic (exact) mass is 341 g/mol. The lowest BCUT2D eigenvalue weighted by molar-refractivity contribution is 0.0698. The summed E-state index contributed by atoms with van der Waals surface area (Å²) < 4.78 is 6.26. The number of carbonyl (C=O) groups is 2. The summed E-state index contributed by atoms with van der Waals surface area (Å²) in [5.74, 6) is -0.151. The summed E-state index contributed by atoms with van der Waals surface area (Å²) in [7, 11) is 0. The smallest absolute Gasteiger partial charge is 0.417 e. The number of fused-ring (bicyclic) bond motifs is 1. The highest BCUT2D eigenvalue weighted by molar-refractivity contribution is 6.05. The van der Waals surface area contributed by atoms with Crippen molar-refractivity contribution in [2.24, 2.45) is 0 Å². The summed E-state index contributed by atoms with van der Waals surface area (Å²) in [6.45, 7) is 3.48. The van der Waals surface area contributed by atoms with Crippen LogP contribution in [0.1, 0.15) is 46.4 Å². The van der Waals surface area contributed by atoms with E-state index in [9.17, 15) is 19.8 Å². The fourth-order valence-electron chi connectivity index (χ4n) is 3.21. The first-order valence-electron chi connectivity index (χ1n) is 7.84. The molecule has 0 radical (unpaired) electrons. The number of aromatic carboxylic acids is 1. The molecule has 2 N–H and O–H groups in total. The highest BCUT2D eigenvalue weighted by atomic mass is 16.5. The van der Waals surface area contributed by atoms with Crippen molar-refractivity contribution in [1.29, 1.82) is 0 Å². The standard InChI is InChI=1S/C17H15N3O5/c1-7-13(8(2)25-19-7)10-5-11(16(21)22)14-12(6-10)20(17(23)24)15(18-14)9-3-4-9/h5-6,9H,3-4H2,1-2H3,(H,21,22)(H,23,24). The van der Waals surface area contributed by atoms with Crippen molar-refractivity contribution in [3.63, 3.8) is 0 Å². The molecule has 0 spiro atoms. The molecule has 1 aromatic carbocycles. The number of aromatic nitrogens is 3. The van der Waals surface area contributed by atoms with E-state index in [1.807, 2.05) is 0 Å². The van der Waals surface area contributed by atoms with E-state index in [4.69, 9.17) is 4.52 Å². The Hall–Kier alpha value is -3.16. The molecule has 8 heteroatoms. The number of rotatable bonds is 3. The van der Waals surface area contributed by atoms with Crippen molar-refractivity contribution < 1.29 is 24.3 Å². The Labute approximate surface area is 141 Å². The molecule has 1 fully saturated rings. The van der Waals surface area contributed by atoms with Gasteiger partial charge in [-0.25, -0.2) is 19.1 Å². The Balaban J connectivity index is 2.09. The van der Waals surface area contributed by atoms with Crippen molar-refractivity contribution in [2.75, 3.05) is 0 Å². The highest BCUT2D eigenvalue weighted by Gasteiger charge is 2.33. The number of nitrogens with zero attached hydrogens (tertiary/aromatic N) is 3. The summed E-state index contributed by atoms with van der Waals surface area (Å²) in [4.78, 5) is 27.9. The third-order valence-corrected chi connectivity index (χ3v) is 4.47. The minimum atomic E-state index is -1.17. The quantitative estimate of drug-likeness (QED) is 0.749. The Kier molecular flexibility index (Phi) is 3.18. The van der Waals surface area contributed by atoms with Crippen molar-refractivity contribution >= 4 is 23.1 Å². The van der Waals surface area contributed by atoms with E-state index in [0.717, 1.165) is 17.4 Å². The maximum atomic E-state index is 11.8. The lowest BCUT2D eigenvalue weighted by atomic mass is 10.0. The van der Waals surface area contributed by atoms with E-state index in [-0.39, 0.29) is 22.5 Å². The lowest BCUT2D eigenvalue weighted by Crippen LogP contribution is -2.11. The first kappa shape index (κ1) is 15.4. The second kappa shape index (κ2) is 5.17. The van der Waals surface area contributed by atoms with Crippen LogP contribution in [0.5, 0.6) is 0 Å². The minimum absolute atomic E-state index is 0.0330. The van der Waals surface area contributed by atoms with Gasteiger partial charge in [-0.2, -0.15) is 0 Å². The second-order valence-corrected chi connectivity index (χ2v) is 6.26. The summed E-state index contributed by atoms with van der Waals surface area (Å²) >= 11 is 0. The van der Waals surface area contributed by atoms with Crippen LogP contribution in [0.3, 0.4) is 0 Å². The van der Waals surface area contributed by atoms with Crippen LogP contribution in [0.2, 0.25) is 0 Å². The number of benzene rings is 1. The van der Waals surface area contributed by atoms with Crippen LogP contribution >= 0.6 is 0 Å². The normalized spacial score (nSPS) is 14.2. The van der Waals surface area contributed by atoms with Crippen molar-refractivity contribution in [2.45, 2.75) is 32.6 Å². The van der Waals surface area contributed by atoms with Crippen LogP contribution in [-0.2, 0) is 0 Å². The molecule has 2 aromatic heterocycles. The number of carboxylic acids is 1. The predicted octanol–water partition coefficient (Wildman–Crippen LogP) is 3.41. The molecule has 1 aliphatic rings. The number of hydrogen-bond acceptors (Lipinski definition) is 5. The zero-order chi connectivity index (χ0) is 17.9. The molecule has 0 saturated heterocycles. The number of aryl methyl sites for hydroxylation is 2. The van der Waals surface area contributed by atoms with Gasteiger partial charge in [-0.3, -0.25) is 0 Å². The van der Waals surface area contributed by atoms with Gasteiger partial charge in [0.2, 0.25) is 0 Å². The molecule has 0 amide bonds. The minimum Gasteiger partial charge on any atom is -0.478 e. The fraction of sp³-hybridized carbons (Fsp3) is 0.294. The van der Waals surface area contributed by atoms with Crippen LogP contribution in [-0.4, -0.2) is 37.0 Å². The van der Waals surface area contributed by atoms with Crippen molar-refractivity contribution in [3.05, 3.63) is 35.0 Å². The summed E-state index contributed by atoms with van der Waals surface area (Å²) in [6.07, 6.45) is 0.544. The average Bonchev–Trinajstić information content (AvgIpc) is 3.24. The molecular formula is C17H15N3O5. The van der Waals surface area contributed by atoms with Gasteiger partial charge >= 0.3 is 12.1 Å². The molecule has 0 bridgehead atoms. The maximum Gasteiger partial charge on any atom is 0.417 e. The number of imidazole rings is 1. The molecule has 0 atom stereocenters. The molecule has 1 saturated carbocycles.